The summed E-state index contributed by atoms with van der Waals surface area (Å²) in [5, 5.41) is 22.7. The smallest absolute Gasteiger partial charge is 0.413 e. The summed E-state index contributed by atoms with van der Waals surface area (Å²) in [7, 11) is 0. The predicted molar refractivity (Wildman–Crippen MR) is 122 cm³/mol. The molecule has 0 aromatic rings. The second-order valence-electron chi connectivity index (χ2n) is 8.78. The van der Waals surface area contributed by atoms with Gasteiger partial charge in [0.1, 0.15) is 6.23 Å². The Balaban J connectivity index is 1.68. The van der Waals surface area contributed by atoms with E-state index in [1.807, 2.05) is 0 Å². The average molecular weight is 472 g/mol. The summed E-state index contributed by atoms with van der Waals surface area (Å²) >= 11 is 1.68. The van der Waals surface area contributed by atoms with Crippen LogP contribution >= 0.6 is 11.8 Å². The molecule has 3 aliphatic rings. The van der Waals surface area contributed by atoms with Crippen LogP contribution < -0.4 is 21.3 Å². The maximum atomic E-state index is 13.1. The van der Waals surface area contributed by atoms with Crippen molar-refractivity contribution in [3.8, 4) is 0 Å². The maximum absolute atomic E-state index is 13.1. The number of aliphatic hydroxyl groups excluding tert-OH is 1. The van der Waals surface area contributed by atoms with Gasteiger partial charge in [-0.25, -0.2) is 4.79 Å². The first-order valence-corrected chi connectivity index (χ1v) is 12.6. The molecule has 0 spiro atoms. The number of aliphatic hydroxyl groups is 1. The number of nitrogens with one attached hydrogen (secondary N) is 4. The summed E-state index contributed by atoms with van der Waals surface area (Å²) in [6.45, 7) is 8.96. The van der Waals surface area contributed by atoms with Crippen LogP contribution in [0.4, 0.5) is 4.79 Å². The van der Waals surface area contributed by atoms with Gasteiger partial charge < -0.3 is 20.1 Å². The number of imide groups is 1. The molecule has 3 rings (SSSR count). The highest BCUT2D eigenvalue weighted by atomic mass is 32.2. The van der Waals surface area contributed by atoms with Gasteiger partial charge in [-0.3, -0.25) is 25.5 Å². The molecule has 3 fully saturated rings. The van der Waals surface area contributed by atoms with Crippen LogP contribution in [0.2, 0.25) is 0 Å². The second kappa shape index (κ2) is 11.6. The zero-order valence-corrected chi connectivity index (χ0v) is 20.0. The molecule has 10 nitrogen and oxygen atoms in total. The van der Waals surface area contributed by atoms with Crippen molar-refractivity contribution >= 4 is 29.7 Å². The van der Waals surface area contributed by atoms with Crippen LogP contribution in [0.15, 0.2) is 0 Å². The zero-order valence-electron chi connectivity index (χ0n) is 19.1. The SMILES string of the molecule is CCOC(=O)NC(=O)C1C(NC(O)C2CCNC(NC(C)=O)C2)SC2CN(CC)CCC21. The van der Waals surface area contributed by atoms with Crippen molar-refractivity contribution in [3.05, 3.63) is 0 Å². The molecule has 3 heterocycles. The van der Waals surface area contributed by atoms with Crippen LogP contribution in [-0.2, 0) is 14.3 Å². The van der Waals surface area contributed by atoms with Crippen molar-refractivity contribution in [2.75, 3.05) is 32.8 Å². The van der Waals surface area contributed by atoms with Gasteiger partial charge in [0, 0.05) is 24.6 Å². The van der Waals surface area contributed by atoms with E-state index in [9.17, 15) is 19.5 Å². The lowest BCUT2D eigenvalue weighted by molar-refractivity contribution is -0.127. The molecule has 0 bridgehead atoms. The number of carbonyl (C=O) groups is 3. The van der Waals surface area contributed by atoms with Gasteiger partial charge in [0.15, 0.2) is 0 Å². The van der Waals surface area contributed by atoms with Crippen LogP contribution in [-0.4, -0.2) is 83.7 Å². The number of alkyl carbamates (subject to hydrolysis) is 1. The zero-order chi connectivity index (χ0) is 23.3. The monoisotopic (exact) mass is 471 g/mol. The lowest BCUT2D eigenvalue weighted by Gasteiger charge is -2.36. The number of carbonyl (C=O) groups excluding carboxylic acids is 3. The van der Waals surface area contributed by atoms with Gasteiger partial charge in [-0.05, 0) is 51.7 Å². The Morgan fingerprint density at radius 1 is 1.28 bits per heavy atom. The maximum Gasteiger partial charge on any atom is 0.413 e. The summed E-state index contributed by atoms with van der Waals surface area (Å²) < 4.78 is 4.90. The molecule has 3 amide bonds. The van der Waals surface area contributed by atoms with Gasteiger partial charge in [0.25, 0.3) is 0 Å². The number of nitrogens with zero attached hydrogens (tertiary/aromatic N) is 1. The predicted octanol–water partition coefficient (Wildman–Crippen LogP) is 0.0284. The third kappa shape index (κ3) is 6.34. The summed E-state index contributed by atoms with van der Waals surface area (Å²) in [5.74, 6) is -0.827. The third-order valence-corrected chi connectivity index (χ3v) is 8.23. The van der Waals surface area contributed by atoms with Crippen LogP contribution in [0.5, 0.6) is 0 Å². The van der Waals surface area contributed by atoms with Gasteiger partial charge in [-0.2, -0.15) is 0 Å². The van der Waals surface area contributed by atoms with Crippen molar-refractivity contribution in [2.24, 2.45) is 17.8 Å². The molecule has 3 saturated heterocycles. The fraction of sp³-hybridized carbons (Fsp3) is 0.857. The topological polar surface area (TPSA) is 132 Å². The van der Waals surface area contributed by atoms with Gasteiger partial charge in [0.05, 0.1) is 24.1 Å². The Morgan fingerprint density at radius 3 is 2.75 bits per heavy atom. The molecule has 3 aliphatic heterocycles. The number of fused-ring (bicyclic) bond motifs is 1. The number of amides is 3. The van der Waals surface area contributed by atoms with Gasteiger partial charge >= 0.3 is 6.09 Å². The fourth-order valence-electron chi connectivity index (χ4n) is 5.06. The highest BCUT2D eigenvalue weighted by Crippen LogP contribution is 2.46. The van der Waals surface area contributed by atoms with E-state index in [1.165, 1.54) is 6.92 Å². The van der Waals surface area contributed by atoms with Gasteiger partial charge in [0.2, 0.25) is 11.8 Å². The Bertz CT molecular complexity index is 683. The molecule has 0 aromatic heterocycles. The standard InChI is InChI=1S/C21H37N5O5S/c1-4-26-9-7-14-15(11-26)32-20(17(14)19(29)25-21(30)31-5-2)24-18(28)13-6-8-22-16(10-13)23-12(3)27/h13-18,20,22,24,28H,4-11H2,1-3H3,(H,23,27)(H,25,29,30). The molecule has 182 valence electrons. The summed E-state index contributed by atoms with van der Waals surface area (Å²) in [6, 6.07) is 0. The Labute approximate surface area is 193 Å². The quantitative estimate of drug-likeness (QED) is 0.326. The van der Waals surface area contributed by atoms with E-state index in [-0.39, 0.29) is 47.0 Å². The van der Waals surface area contributed by atoms with Crippen LogP contribution in [0.1, 0.15) is 40.0 Å². The molecule has 7 unspecified atom stereocenters. The summed E-state index contributed by atoms with van der Waals surface area (Å²) in [6.07, 6.45) is 0.513. The van der Waals surface area contributed by atoms with E-state index in [0.29, 0.717) is 13.0 Å². The largest absolute Gasteiger partial charge is 0.450 e. The van der Waals surface area contributed by atoms with E-state index in [1.54, 1.807) is 18.7 Å². The normalized spacial score (nSPS) is 33.8. The Hall–Kier alpha value is -1.40. The second-order valence-corrected chi connectivity index (χ2v) is 10.2. The van der Waals surface area contributed by atoms with E-state index in [2.05, 4.69) is 33.1 Å². The number of likely N-dealkylation sites (tertiary alicyclic amines) is 1. The van der Waals surface area contributed by atoms with Gasteiger partial charge in [-0.1, -0.05) is 6.92 Å². The molecular formula is C21H37N5O5S. The van der Waals surface area contributed by atoms with Crippen molar-refractivity contribution in [3.63, 3.8) is 0 Å². The number of hydrogen-bond acceptors (Lipinski definition) is 9. The third-order valence-electron chi connectivity index (χ3n) is 6.66. The summed E-state index contributed by atoms with van der Waals surface area (Å²) in [5.41, 5.74) is 0. The minimum Gasteiger partial charge on any atom is -0.450 e. The van der Waals surface area contributed by atoms with Crippen LogP contribution in [0, 0.1) is 17.8 Å². The Morgan fingerprint density at radius 2 is 2.06 bits per heavy atom. The van der Waals surface area contributed by atoms with Crippen molar-refractivity contribution in [1.29, 1.82) is 0 Å². The average Bonchev–Trinajstić information content (AvgIpc) is 3.10. The first kappa shape index (κ1) is 25.2. The lowest BCUT2D eigenvalue weighted by atomic mass is 9.83. The van der Waals surface area contributed by atoms with Gasteiger partial charge in [-0.15, -0.1) is 11.8 Å². The Kier molecular flexibility index (Phi) is 9.18. The number of thioether (sulfide) groups is 1. The molecule has 0 aromatic carbocycles. The number of ether oxygens (including phenoxy) is 1. The molecule has 7 atom stereocenters. The highest BCUT2D eigenvalue weighted by molar-refractivity contribution is 8.00. The number of rotatable bonds is 7. The molecular weight excluding hydrogens is 434 g/mol. The highest BCUT2D eigenvalue weighted by Gasteiger charge is 2.50. The fourth-order valence-corrected chi connectivity index (χ4v) is 6.95. The molecule has 5 N–H and O–H groups in total. The minimum absolute atomic E-state index is 0.0581. The van der Waals surface area contributed by atoms with Crippen molar-refractivity contribution in [2.45, 2.75) is 63.1 Å². The molecule has 32 heavy (non-hydrogen) atoms. The minimum atomic E-state index is -0.814. The number of piperidine rings is 2. The number of hydrogen-bond donors (Lipinski definition) is 5. The molecule has 0 radical (unpaired) electrons. The van der Waals surface area contributed by atoms with E-state index >= 15 is 0 Å². The molecule has 11 heteroatoms. The first-order valence-electron chi connectivity index (χ1n) is 11.6. The molecule has 0 saturated carbocycles. The van der Waals surface area contributed by atoms with E-state index < -0.39 is 18.2 Å². The van der Waals surface area contributed by atoms with Crippen LogP contribution in [0.25, 0.3) is 0 Å². The van der Waals surface area contributed by atoms with Crippen LogP contribution in [0.3, 0.4) is 0 Å². The lowest BCUT2D eigenvalue weighted by Crippen LogP contribution is -2.55. The van der Waals surface area contributed by atoms with E-state index in [0.717, 1.165) is 32.5 Å². The molecule has 0 aliphatic carbocycles. The summed E-state index contributed by atoms with van der Waals surface area (Å²) in [4.78, 5) is 38.7. The van der Waals surface area contributed by atoms with Crippen molar-refractivity contribution < 1.29 is 24.2 Å². The van der Waals surface area contributed by atoms with E-state index in [4.69, 9.17) is 4.74 Å². The van der Waals surface area contributed by atoms with Crippen molar-refractivity contribution in [1.82, 2.24) is 26.2 Å². The first-order chi connectivity index (χ1) is 15.3.